The Labute approximate surface area is 86.7 Å². The van der Waals surface area contributed by atoms with Gasteiger partial charge < -0.3 is 15.2 Å². The summed E-state index contributed by atoms with van der Waals surface area (Å²) >= 11 is 0. The van der Waals surface area contributed by atoms with E-state index in [-0.39, 0.29) is 18.5 Å². The van der Waals surface area contributed by atoms with Crippen molar-refractivity contribution in [2.24, 2.45) is 0 Å². The molecule has 82 valence electrons. The van der Waals surface area contributed by atoms with Gasteiger partial charge in [0.05, 0.1) is 6.54 Å². The second-order valence-electron chi connectivity index (χ2n) is 3.07. The van der Waals surface area contributed by atoms with Gasteiger partial charge in [-0.3, -0.25) is 0 Å². The predicted octanol–water partition coefficient (Wildman–Crippen LogP) is 1.86. The molecule has 1 rings (SSSR count). The summed E-state index contributed by atoms with van der Waals surface area (Å²) in [6.07, 6.45) is -1.45. The third-order valence-corrected chi connectivity index (χ3v) is 1.67. The van der Waals surface area contributed by atoms with Crippen molar-refractivity contribution in [2.45, 2.75) is 13.0 Å². The summed E-state index contributed by atoms with van der Waals surface area (Å²) in [4.78, 5) is 10.2. The molecule has 1 amide bonds. The van der Waals surface area contributed by atoms with Gasteiger partial charge in [-0.15, -0.1) is 0 Å². The molecule has 0 saturated carbocycles. The Kier molecular flexibility index (Phi) is 3.91. The molecule has 0 heterocycles. The van der Waals surface area contributed by atoms with Crippen LogP contribution in [0, 0.1) is 5.82 Å². The Morgan fingerprint density at radius 3 is 3.00 bits per heavy atom. The van der Waals surface area contributed by atoms with Gasteiger partial charge in [-0.05, 0) is 19.1 Å². The van der Waals surface area contributed by atoms with E-state index in [2.05, 4.69) is 5.32 Å². The maximum Gasteiger partial charge on any atom is 0.404 e. The molecule has 0 spiro atoms. The van der Waals surface area contributed by atoms with Crippen LogP contribution in [0.1, 0.15) is 6.92 Å². The van der Waals surface area contributed by atoms with Crippen LogP contribution in [-0.4, -0.2) is 23.8 Å². The number of hydrogen-bond donors (Lipinski definition) is 2. The maximum absolute atomic E-state index is 12.7. The first-order valence-corrected chi connectivity index (χ1v) is 4.47. The van der Waals surface area contributed by atoms with Crippen LogP contribution in [0.15, 0.2) is 24.3 Å². The Morgan fingerprint density at radius 1 is 1.67 bits per heavy atom. The second kappa shape index (κ2) is 5.19. The first kappa shape index (κ1) is 11.3. The number of halogens is 1. The van der Waals surface area contributed by atoms with E-state index < -0.39 is 6.09 Å². The van der Waals surface area contributed by atoms with Crippen LogP contribution < -0.4 is 10.1 Å². The average Bonchev–Trinajstić information content (AvgIpc) is 2.15. The summed E-state index contributed by atoms with van der Waals surface area (Å²) in [5.74, 6) is 0.000539. The molecule has 0 fully saturated rings. The lowest BCUT2D eigenvalue weighted by Crippen LogP contribution is -2.32. The van der Waals surface area contributed by atoms with Crippen molar-refractivity contribution in [1.82, 2.24) is 5.32 Å². The van der Waals surface area contributed by atoms with Crippen LogP contribution in [0.3, 0.4) is 0 Å². The van der Waals surface area contributed by atoms with E-state index in [9.17, 15) is 9.18 Å². The van der Waals surface area contributed by atoms with Crippen LogP contribution >= 0.6 is 0 Å². The lowest BCUT2D eigenvalue weighted by molar-refractivity contribution is 0.178. The number of benzene rings is 1. The summed E-state index contributed by atoms with van der Waals surface area (Å²) in [5, 5.41) is 10.5. The molecule has 0 aliphatic carbocycles. The molecule has 0 bridgehead atoms. The molecular weight excluding hydrogens is 201 g/mol. The smallest absolute Gasteiger partial charge is 0.404 e. The van der Waals surface area contributed by atoms with Crippen molar-refractivity contribution in [1.29, 1.82) is 0 Å². The molecule has 0 aliphatic heterocycles. The Morgan fingerprint density at radius 2 is 2.40 bits per heavy atom. The van der Waals surface area contributed by atoms with Crippen molar-refractivity contribution in [2.75, 3.05) is 6.54 Å². The summed E-state index contributed by atoms with van der Waals surface area (Å²) < 4.78 is 18.0. The molecule has 1 aromatic carbocycles. The molecule has 1 atom stereocenters. The van der Waals surface area contributed by atoms with Crippen LogP contribution in [0.2, 0.25) is 0 Å². The number of amides is 1. The van der Waals surface area contributed by atoms with E-state index in [0.29, 0.717) is 5.75 Å². The third kappa shape index (κ3) is 4.30. The number of carbonyl (C=O) groups is 1. The third-order valence-electron chi connectivity index (χ3n) is 1.67. The fourth-order valence-corrected chi connectivity index (χ4v) is 1.05. The molecule has 0 aromatic heterocycles. The van der Waals surface area contributed by atoms with E-state index in [4.69, 9.17) is 9.84 Å². The fraction of sp³-hybridized carbons (Fsp3) is 0.300. The van der Waals surface area contributed by atoms with Gasteiger partial charge in [-0.1, -0.05) is 6.07 Å². The zero-order valence-electron chi connectivity index (χ0n) is 8.24. The molecule has 2 N–H and O–H groups in total. The van der Waals surface area contributed by atoms with Crippen LogP contribution in [0.5, 0.6) is 5.75 Å². The predicted molar refractivity (Wildman–Crippen MR) is 52.5 cm³/mol. The van der Waals surface area contributed by atoms with Crippen molar-refractivity contribution >= 4 is 6.09 Å². The van der Waals surface area contributed by atoms with Crippen molar-refractivity contribution in [3.63, 3.8) is 0 Å². The number of hydrogen-bond acceptors (Lipinski definition) is 2. The van der Waals surface area contributed by atoms with E-state index in [0.717, 1.165) is 0 Å². The summed E-state index contributed by atoms with van der Waals surface area (Å²) in [5.41, 5.74) is 0. The first-order chi connectivity index (χ1) is 7.08. The van der Waals surface area contributed by atoms with Crippen molar-refractivity contribution in [3.05, 3.63) is 30.1 Å². The van der Waals surface area contributed by atoms with E-state index in [1.54, 1.807) is 13.0 Å². The molecular formula is C10H12FNO3. The molecule has 4 nitrogen and oxygen atoms in total. The topological polar surface area (TPSA) is 58.6 Å². The second-order valence-corrected chi connectivity index (χ2v) is 3.07. The Balaban J connectivity index is 2.44. The summed E-state index contributed by atoms with van der Waals surface area (Å²) in [6.45, 7) is 1.85. The monoisotopic (exact) mass is 213 g/mol. The Bertz CT molecular complexity index is 343. The van der Waals surface area contributed by atoms with Gasteiger partial charge in [0.1, 0.15) is 17.7 Å². The molecule has 5 heteroatoms. The van der Waals surface area contributed by atoms with E-state index >= 15 is 0 Å². The highest BCUT2D eigenvalue weighted by atomic mass is 19.1. The van der Waals surface area contributed by atoms with Gasteiger partial charge in [0, 0.05) is 6.07 Å². The standard InChI is InChI=1S/C10H12FNO3/c1-7(6-12-10(13)14)15-9-4-2-3-8(11)5-9/h2-5,7,12H,6H2,1H3,(H,13,14). The minimum Gasteiger partial charge on any atom is -0.489 e. The quantitative estimate of drug-likeness (QED) is 0.802. The minimum atomic E-state index is -1.11. The van der Waals surface area contributed by atoms with Gasteiger partial charge in [-0.25, -0.2) is 9.18 Å². The highest BCUT2D eigenvalue weighted by molar-refractivity contribution is 5.64. The van der Waals surface area contributed by atoms with Gasteiger partial charge in [0.15, 0.2) is 0 Å². The lowest BCUT2D eigenvalue weighted by atomic mass is 10.3. The summed E-state index contributed by atoms with van der Waals surface area (Å²) in [7, 11) is 0. The molecule has 15 heavy (non-hydrogen) atoms. The van der Waals surface area contributed by atoms with Crippen LogP contribution in [0.25, 0.3) is 0 Å². The molecule has 1 unspecified atom stereocenters. The van der Waals surface area contributed by atoms with Crippen molar-refractivity contribution in [3.8, 4) is 5.75 Å². The zero-order chi connectivity index (χ0) is 11.3. The van der Waals surface area contributed by atoms with Crippen molar-refractivity contribution < 1.29 is 19.0 Å². The zero-order valence-corrected chi connectivity index (χ0v) is 8.24. The van der Waals surface area contributed by atoms with Crippen LogP contribution in [0.4, 0.5) is 9.18 Å². The summed E-state index contributed by atoms with van der Waals surface area (Å²) in [6, 6.07) is 5.70. The Hall–Kier alpha value is -1.78. The van der Waals surface area contributed by atoms with Gasteiger partial charge >= 0.3 is 6.09 Å². The minimum absolute atomic E-state index is 0.159. The number of ether oxygens (including phenoxy) is 1. The van der Waals surface area contributed by atoms with E-state index in [1.165, 1.54) is 18.2 Å². The molecule has 0 saturated heterocycles. The van der Waals surface area contributed by atoms with Gasteiger partial charge in [-0.2, -0.15) is 0 Å². The lowest BCUT2D eigenvalue weighted by Gasteiger charge is -2.14. The van der Waals surface area contributed by atoms with Gasteiger partial charge in [0.25, 0.3) is 0 Å². The highest BCUT2D eigenvalue weighted by Gasteiger charge is 2.05. The van der Waals surface area contributed by atoms with Gasteiger partial charge in [0.2, 0.25) is 0 Å². The average molecular weight is 213 g/mol. The molecule has 0 aliphatic rings. The number of carboxylic acid groups (broad SMARTS) is 1. The normalized spacial score (nSPS) is 11.9. The fourth-order valence-electron chi connectivity index (χ4n) is 1.05. The first-order valence-electron chi connectivity index (χ1n) is 4.47. The molecule has 1 aromatic rings. The van der Waals surface area contributed by atoms with Crippen LogP contribution in [-0.2, 0) is 0 Å². The maximum atomic E-state index is 12.7. The largest absolute Gasteiger partial charge is 0.489 e. The number of rotatable bonds is 4. The molecule has 0 radical (unpaired) electrons. The van der Waals surface area contributed by atoms with E-state index in [1.807, 2.05) is 0 Å². The number of nitrogens with one attached hydrogen (secondary N) is 1. The SMILES string of the molecule is CC(CNC(=O)O)Oc1cccc(F)c1. The highest BCUT2D eigenvalue weighted by Crippen LogP contribution is 2.13.